The molecule has 0 radical (unpaired) electrons. The summed E-state index contributed by atoms with van der Waals surface area (Å²) in [6.45, 7) is 5.92. The van der Waals surface area contributed by atoms with E-state index < -0.39 is 0 Å². The van der Waals surface area contributed by atoms with Gasteiger partial charge in [-0.15, -0.1) is 0 Å². The van der Waals surface area contributed by atoms with Gasteiger partial charge in [0.2, 0.25) is 0 Å². The Morgan fingerprint density at radius 1 is 1.19 bits per heavy atom. The van der Waals surface area contributed by atoms with Gasteiger partial charge < -0.3 is 9.64 Å². The molecule has 26 heavy (non-hydrogen) atoms. The van der Waals surface area contributed by atoms with Gasteiger partial charge in [-0.1, -0.05) is 42.8 Å². The van der Waals surface area contributed by atoms with Crippen molar-refractivity contribution in [2.45, 2.75) is 38.4 Å². The normalized spacial score (nSPS) is 20.3. The van der Waals surface area contributed by atoms with E-state index in [0.717, 1.165) is 55.0 Å². The maximum atomic E-state index is 13.7. The summed E-state index contributed by atoms with van der Waals surface area (Å²) in [7, 11) is 0. The van der Waals surface area contributed by atoms with Crippen molar-refractivity contribution in [1.29, 1.82) is 0 Å². The van der Waals surface area contributed by atoms with E-state index in [1.807, 2.05) is 24.3 Å². The quantitative estimate of drug-likeness (QED) is 0.732. The summed E-state index contributed by atoms with van der Waals surface area (Å²) >= 11 is 6.29. The number of ether oxygens (including phenoxy) is 1. The number of nitrogens with zero attached hydrogens (tertiary/aromatic N) is 1. The van der Waals surface area contributed by atoms with Crippen molar-refractivity contribution < 1.29 is 9.13 Å². The predicted molar refractivity (Wildman–Crippen MR) is 103 cm³/mol. The van der Waals surface area contributed by atoms with Crippen LogP contribution in [0.2, 0.25) is 5.02 Å². The number of fused-ring (bicyclic) bond motifs is 2. The number of piperidine rings is 1. The topological polar surface area (TPSA) is 12.5 Å². The molecule has 1 saturated heterocycles. The fourth-order valence-corrected chi connectivity index (χ4v) is 4.66. The summed E-state index contributed by atoms with van der Waals surface area (Å²) in [6, 6.07) is 13.2. The first-order valence-electron chi connectivity index (χ1n) is 9.44. The first-order valence-corrected chi connectivity index (χ1v) is 9.82. The Kier molecular flexibility index (Phi) is 5.05. The predicted octanol–water partition coefficient (Wildman–Crippen LogP) is 5.18. The van der Waals surface area contributed by atoms with Gasteiger partial charge in [-0.05, 0) is 60.1 Å². The Balaban J connectivity index is 1.36. The van der Waals surface area contributed by atoms with Gasteiger partial charge in [-0.3, -0.25) is 0 Å². The number of hydrogen-bond acceptors (Lipinski definition) is 2. The van der Waals surface area contributed by atoms with Gasteiger partial charge in [0.1, 0.15) is 5.82 Å². The second-order valence-corrected chi connectivity index (χ2v) is 8.19. The standard InChI is InChI=1S/C22H25ClFNO/c1-16(12-17-4-2-3-5-21(17)23)14-25-10-8-22(9-11-25)20-13-19(24)7-6-18(20)15-26-22/h2-7,13,16H,8-12,14-15H2,1H3. The third kappa shape index (κ3) is 3.53. The molecule has 2 aromatic carbocycles. The molecule has 0 amide bonds. The largest absolute Gasteiger partial charge is 0.365 e. The van der Waals surface area contributed by atoms with Gasteiger partial charge in [0.15, 0.2) is 0 Å². The van der Waals surface area contributed by atoms with E-state index in [-0.39, 0.29) is 11.4 Å². The van der Waals surface area contributed by atoms with Crippen LogP contribution in [0.25, 0.3) is 0 Å². The maximum Gasteiger partial charge on any atom is 0.123 e. The lowest BCUT2D eigenvalue weighted by molar-refractivity contribution is -0.0801. The van der Waals surface area contributed by atoms with Gasteiger partial charge in [0, 0.05) is 24.7 Å². The Morgan fingerprint density at radius 3 is 2.73 bits per heavy atom. The highest BCUT2D eigenvalue weighted by molar-refractivity contribution is 6.31. The minimum Gasteiger partial charge on any atom is -0.365 e. The van der Waals surface area contributed by atoms with Crippen LogP contribution in [0.5, 0.6) is 0 Å². The fraction of sp³-hybridized carbons (Fsp3) is 0.455. The van der Waals surface area contributed by atoms with Crippen LogP contribution in [0.3, 0.4) is 0 Å². The second kappa shape index (κ2) is 7.30. The van der Waals surface area contributed by atoms with Gasteiger partial charge in [-0.2, -0.15) is 0 Å². The average molecular weight is 374 g/mol. The SMILES string of the molecule is CC(Cc1ccccc1Cl)CN1CCC2(CC1)OCc1ccc(F)cc12. The molecule has 138 valence electrons. The highest BCUT2D eigenvalue weighted by Gasteiger charge is 2.42. The third-order valence-electron chi connectivity index (χ3n) is 5.83. The van der Waals surface area contributed by atoms with E-state index >= 15 is 0 Å². The molecule has 4 rings (SSSR count). The van der Waals surface area contributed by atoms with E-state index in [2.05, 4.69) is 17.9 Å². The number of rotatable bonds is 4. The second-order valence-electron chi connectivity index (χ2n) is 7.79. The molecular weight excluding hydrogens is 349 g/mol. The Hall–Kier alpha value is -1.42. The first kappa shape index (κ1) is 18.0. The van der Waals surface area contributed by atoms with E-state index in [0.29, 0.717) is 12.5 Å². The number of hydrogen-bond donors (Lipinski definition) is 0. The zero-order chi connectivity index (χ0) is 18.1. The molecule has 4 heteroatoms. The van der Waals surface area contributed by atoms with E-state index in [1.165, 1.54) is 11.6 Å². The van der Waals surface area contributed by atoms with Gasteiger partial charge in [0.05, 0.1) is 12.2 Å². The summed E-state index contributed by atoms with van der Waals surface area (Å²) in [6.07, 6.45) is 2.86. The number of likely N-dealkylation sites (tertiary alicyclic amines) is 1. The van der Waals surface area contributed by atoms with E-state index in [1.54, 1.807) is 6.07 Å². The summed E-state index contributed by atoms with van der Waals surface area (Å²) in [4.78, 5) is 2.51. The lowest BCUT2D eigenvalue weighted by atomic mass is 9.83. The molecule has 2 heterocycles. The smallest absolute Gasteiger partial charge is 0.123 e. The summed E-state index contributed by atoms with van der Waals surface area (Å²) in [5.74, 6) is 0.377. The molecule has 2 aliphatic rings. The van der Waals surface area contributed by atoms with Crippen molar-refractivity contribution in [2.75, 3.05) is 19.6 Å². The lowest BCUT2D eigenvalue weighted by Crippen LogP contribution is -2.44. The zero-order valence-corrected chi connectivity index (χ0v) is 15.9. The monoisotopic (exact) mass is 373 g/mol. The average Bonchev–Trinajstić information content (AvgIpc) is 2.97. The van der Waals surface area contributed by atoms with Crippen molar-refractivity contribution in [1.82, 2.24) is 4.90 Å². The molecule has 2 aliphatic heterocycles. The fourth-order valence-electron chi connectivity index (χ4n) is 4.45. The van der Waals surface area contributed by atoms with Gasteiger partial charge in [-0.25, -0.2) is 4.39 Å². The van der Waals surface area contributed by atoms with Crippen LogP contribution in [0.1, 0.15) is 36.5 Å². The molecule has 1 fully saturated rings. The van der Waals surface area contributed by atoms with Crippen LogP contribution < -0.4 is 0 Å². The molecular formula is C22H25ClFNO. The van der Waals surface area contributed by atoms with Crippen LogP contribution in [-0.4, -0.2) is 24.5 Å². The molecule has 0 aromatic heterocycles. The van der Waals surface area contributed by atoms with Crippen LogP contribution in [-0.2, 0) is 23.4 Å². The van der Waals surface area contributed by atoms with Crippen molar-refractivity contribution in [2.24, 2.45) is 5.92 Å². The molecule has 0 saturated carbocycles. The molecule has 0 N–H and O–H groups in total. The molecule has 1 spiro atoms. The Morgan fingerprint density at radius 2 is 1.96 bits per heavy atom. The third-order valence-corrected chi connectivity index (χ3v) is 6.20. The Bertz CT molecular complexity index is 785. The van der Waals surface area contributed by atoms with Crippen LogP contribution in [0.15, 0.2) is 42.5 Å². The molecule has 2 nitrogen and oxygen atoms in total. The maximum absolute atomic E-state index is 13.7. The van der Waals surface area contributed by atoms with Gasteiger partial charge in [0.25, 0.3) is 0 Å². The summed E-state index contributed by atoms with van der Waals surface area (Å²) in [5.41, 5.74) is 3.16. The minimum absolute atomic E-state index is 0.163. The molecule has 0 bridgehead atoms. The highest BCUT2D eigenvalue weighted by Crippen LogP contribution is 2.44. The summed E-state index contributed by atoms with van der Waals surface area (Å²) in [5, 5.41) is 0.856. The minimum atomic E-state index is -0.278. The first-order chi connectivity index (χ1) is 12.6. The molecule has 1 unspecified atom stereocenters. The number of halogens is 2. The zero-order valence-electron chi connectivity index (χ0n) is 15.2. The molecule has 1 atom stereocenters. The lowest BCUT2D eigenvalue weighted by Gasteiger charge is -2.40. The van der Waals surface area contributed by atoms with Crippen molar-refractivity contribution in [3.8, 4) is 0 Å². The summed E-state index contributed by atoms with van der Waals surface area (Å²) < 4.78 is 19.9. The van der Waals surface area contributed by atoms with Crippen LogP contribution in [0.4, 0.5) is 4.39 Å². The van der Waals surface area contributed by atoms with Crippen molar-refractivity contribution in [3.05, 3.63) is 70.0 Å². The van der Waals surface area contributed by atoms with Crippen LogP contribution >= 0.6 is 11.6 Å². The van der Waals surface area contributed by atoms with Crippen LogP contribution in [0, 0.1) is 11.7 Å². The van der Waals surface area contributed by atoms with Crippen molar-refractivity contribution in [3.63, 3.8) is 0 Å². The molecule has 2 aromatic rings. The molecule has 0 aliphatic carbocycles. The van der Waals surface area contributed by atoms with E-state index in [4.69, 9.17) is 16.3 Å². The Labute approximate surface area is 159 Å². The highest BCUT2D eigenvalue weighted by atomic mass is 35.5. The van der Waals surface area contributed by atoms with Crippen molar-refractivity contribution >= 4 is 11.6 Å². The van der Waals surface area contributed by atoms with E-state index in [9.17, 15) is 4.39 Å². The number of benzene rings is 2. The van der Waals surface area contributed by atoms with Gasteiger partial charge >= 0.3 is 0 Å².